The number of hydrogen-bond donors (Lipinski definition) is 0. The van der Waals surface area contributed by atoms with Crippen LogP contribution in [0.1, 0.15) is 36.5 Å². The van der Waals surface area contributed by atoms with Crippen LogP contribution in [-0.2, 0) is 0 Å². The van der Waals surface area contributed by atoms with Crippen molar-refractivity contribution < 1.29 is 0 Å². The number of benzene rings is 5. The van der Waals surface area contributed by atoms with Crippen molar-refractivity contribution in [1.82, 2.24) is 19.6 Å². The molecule has 48 heavy (non-hydrogen) atoms. The highest BCUT2D eigenvalue weighted by Gasteiger charge is 2.21. The molecule has 0 unspecified atom stereocenters. The van der Waals surface area contributed by atoms with E-state index in [-0.39, 0.29) is 0 Å². The molecule has 0 saturated heterocycles. The van der Waals surface area contributed by atoms with Gasteiger partial charge in [0.1, 0.15) is 5.82 Å². The van der Waals surface area contributed by atoms with Crippen molar-refractivity contribution in [3.05, 3.63) is 150 Å². The molecule has 0 radical (unpaired) electrons. The van der Waals surface area contributed by atoms with E-state index in [9.17, 15) is 0 Å². The molecule has 8 aromatic rings. The van der Waals surface area contributed by atoms with Gasteiger partial charge in [-0.3, -0.25) is 9.30 Å². The Labute approximate surface area is 284 Å². The Kier molecular flexibility index (Phi) is 7.66. The van der Waals surface area contributed by atoms with Crippen LogP contribution in [0.5, 0.6) is 0 Å². The average Bonchev–Trinajstić information content (AvgIpc) is 3.54. The number of hydrogen-bond acceptors (Lipinski definition) is 5. The van der Waals surface area contributed by atoms with Crippen molar-refractivity contribution in [2.24, 2.45) is 0 Å². The fourth-order valence-corrected chi connectivity index (χ4v) is 7.73. The molecule has 0 spiro atoms. The molecule has 8 rings (SSSR count). The van der Waals surface area contributed by atoms with Crippen molar-refractivity contribution in [3.63, 3.8) is 0 Å². The van der Waals surface area contributed by atoms with Gasteiger partial charge >= 0.3 is 0 Å². The van der Waals surface area contributed by atoms with Gasteiger partial charge in [0, 0.05) is 43.7 Å². The van der Waals surface area contributed by atoms with Crippen LogP contribution in [0, 0.1) is 13.8 Å². The molecule has 0 atom stereocenters. The molecule has 5 aromatic carbocycles. The summed E-state index contributed by atoms with van der Waals surface area (Å²) >= 11 is 1.75. The molecule has 5 nitrogen and oxygen atoms in total. The molecular weight excluding hydrogens is 607 g/mol. The SMILES string of the molecule is Cc1cccc(C)c1-c1nnc2c3cc(Sc4cccc(N(c5ccccc5)c5ccccn5)c4)ccc3c3c(C(C)C)cccc3n12. The maximum atomic E-state index is 4.87. The van der Waals surface area contributed by atoms with E-state index < -0.39 is 0 Å². The molecular formula is C42H35N5S. The number of para-hydroxylation sites is 1. The highest BCUT2D eigenvalue weighted by atomic mass is 32.2. The highest BCUT2D eigenvalue weighted by molar-refractivity contribution is 7.99. The summed E-state index contributed by atoms with van der Waals surface area (Å²) in [6, 6.07) is 44.9. The topological polar surface area (TPSA) is 46.3 Å². The van der Waals surface area contributed by atoms with Crippen molar-refractivity contribution in [3.8, 4) is 11.4 Å². The van der Waals surface area contributed by atoms with Crippen LogP contribution < -0.4 is 4.90 Å². The van der Waals surface area contributed by atoms with Crippen LogP contribution >= 0.6 is 11.8 Å². The first-order valence-electron chi connectivity index (χ1n) is 16.3. The Morgan fingerprint density at radius 2 is 1.38 bits per heavy atom. The molecule has 6 heteroatoms. The number of aryl methyl sites for hydroxylation is 2. The quantitative estimate of drug-likeness (QED) is 0.162. The van der Waals surface area contributed by atoms with Gasteiger partial charge in [0.2, 0.25) is 0 Å². The van der Waals surface area contributed by atoms with Crippen LogP contribution in [0.15, 0.2) is 143 Å². The van der Waals surface area contributed by atoms with E-state index in [4.69, 9.17) is 15.2 Å². The zero-order valence-electron chi connectivity index (χ0n) is 27.4. The van der Waals surface area contributed by atoms with Gasteiger partial charge in [0.15, 0.2) is 11.5 Å². The predicted molar refractivity (Wildman–Crippen MR) is 200 cm³/mol. The second kappa shape index (κ2) is 12.3. The molecule has 0 aliphatic heterocycles. The summed E-state index contributed by atoms with van der Waals surface area (Å²) in [7, 11) is 0. The molecule has 3 aromatic heterocycles. The molecule has 3 heterocycles. The molecule has 0 fully saturated rings. The van der Waals surface area contributed by atoms with Crippen molar-refractivity contribution in [1.29, 1.82) is 0 Å². The van der Waals surface area contributed by atoms with Gasteiger partial charge in [0.05, 0.1) is 5.52 Å². The number of fused-ring (bicyclic) bond motifs is 6. The first-order chi connectivity index (χ1) is 23.5. The Balaban J connectivity index is 1.29. The molecule has 0 N–H and O–H groups in total. The van der Waals surface area contributed by atoms with E-state index >= 15 is 0 Å². The Bertz CT molecular complexity index is 2370. The molecule has 234 valence electrons. The smallest absolute Gasteiger partial charge is 0.169 e. The largest absolute Gasteiger partial charge is 0.295 e. The van der Waals surface area contributed by atoms with E-state index in [2.05, 4.69) is 140 Å². The third kappa shape index (κ3) is 5.19. The van der Waals surface area contributed by atoms with Crippen molar-refractivity contribution >= 4 is 56.3 Å². The van der Waals surface area contributed by atoms with Gasteiger partial charge in [-0.1, -0.05) is 92.3 Å². The number of nitrogens with zero attached hydrogens (tertiary/aromatic N) is 5. The second-order valence-electron chi connectivity index (χ2n) is 12.5. The van der Waals surface area contributed by atoms with Gasteiger partial charge in [-0.05, 0) is 103 Å². The average molecular weight is 642 g/mol. The van der Waals surface area contributed by atoms with Crippen LogP contribution in [0.2, 0.25) is 0 Å². The summed E-state index contributed by atoms with van der Waals surface area (Å²) in [5, 5.41) is 13.3. The molecule has 0 amide bonds. The van der Waals surface area contributed by atoms with Crippen LogP contribution in [0.25, 0.3) is 38.7 Å². The number of anilines is 3. The number of rotatable bonds is 7. The monoisotopic (exact) mass is 641 g/mol. The summed E-state index contributed by atoms with van der Waals surface area (Å²) in [5.41, 5.74) is 8.96. The zero-order chi connectivity index (χ0) is 32.8. The summed E-state index contributed by atoms with van der Waals surface area (Å²) in [5.74, 6) is 2.12. The predicted octanol–water partition coefficient (Wildman–Crippen LogP) is 11.5. The molecule has 0 bridgehead atoms. The van der Waals surface area contributed by atoms with Crippen LogP contribution in [-0.4, -0.2) is 19.6 Å². The Morgan fingerprint density at radius 1 is 0.646 bits per heavy atom. The standard InChI is InChI=1S/C42H35N5S/c1-27(2)34-19-12-20-37-40(34)35-23-22-33(26-36(35)41-44-45-42(47(37)41)39-28(3)13-10-14-29(39)4)48-32-18-11-17-31(25-32)46(30-15-6-5-7-16-30)38-21-8-9-24-43-38/h5-27H,1-4H3. The summed E-state index contributed by atoms with van der Waals surface area (Å²) in [6.45, 7) is 8.85. The fraction of sp³-hybridized carbons (Fsp3) is 0.119. The molecule has 0 aliphatic carbocycles. The third-order valence-electron chi connectivity index (χ3n) is 9.01. The van der Waals surface area contributed by atoms with E-state index in [1.807, 2.05) is 30.5 Å². The lowest BCUT2D eigenvalue weighted by Crippen LogP contribution is -2.11. The van der Waals surface area contributed by atoms with E-state index in [1.54, 1.807) is 11.8 Å². The number of pyridine rings is 2. The van der Waals surface area contributed by atoms with Gasteiger partial charge in [0.25, 0.3) is 0 Å². The lowest BCUT2D eigenvalue weighted by molar-refractivity contribution is 0.876. The van der Waals surface area contributed by atoms with Gasteiger partial charge in [-0.25, -0.2) is 4.98 Å². The van der Waals surface area contributed by atoms with E-state index in [1.165, 1.54) is 27.5 Å². The van der Waals surface area contributed by atoms with E-state index in [0.717, 1.165) is 54.9 Å². The first kappa shape index (κ1) is 29.9. The fourth-order valence-electron chi connectivity index (χ4n) is 6.82. The first-order valence-corrected chi connectivity index (χ1v) is 17.1. The molecule has 0 aliphatic rings. The van der Waals surface area contributed by atoms with Gasteiger partial charge in [-0.15, -0.1) is 10.2 Å². The zero-order valence-corrected chi connectivity index (χ0v) is 28.2. The van der Waals surface area contributed by atoms with Crippen LogP contribution in [0.4, 0.5) is 17.2 Å². The Morgan fingerprint density at radius 3 is 2.15 bits per heavy atom. The minimum Gasteiger partial charge on any atom is -0.295 e. The molecule has 0 saturated carbocycles. The maximum Gasteiger partial charge on any atom is 0.169 e. The highest BCUT2D eigenvalue weighted by Crippen LogP contribution is 2.41. The van der Waals surface area contributed by atoms with Crippen molar-refractivity contribution in [2.45, 2.75) is 43.4 Å². The minimum absolute atomic E-state index is 0.359. The van der Waals surface area contributed by atoms with Crippen LogP contribution in [0.3, 0.4) is 0 Å². The lowest BCUT2D eigenvalue weighted by Gasteiger charge is -2.24. The summed E-state index contributed by atoms with van der Waals surface area (Å²) in [4.78, 5) is 9.17. The van der Waals surface area contributed by atoms with E-state index in [0.29, 0.717) is 5.92 Å². The van der Waals surface area contributed by atoms with Gasteiger partial charge < -0.3 is 0 Å². The van der Waals surface area contributed by atoms with Crippen molar-refractivity contribution in [2.75, 3.05) is 4.90 Å². The summed E-state index contributed by atoms with van der Waals surface area (Å²) < 4.78 is 2.28. The Hall–Kier alpha value is -5.46. The number of aromatic nitrogens is 4. The lowest BCUT2D eigenvalue weighted by atomic mass is 9.94. The third-order valence-corrected chi connectivity index (χ3v) is 9.99. The second-order valence-corrected chi connectivity index (χ2v) is 13.7. The normalized spacial score (nSPS) is 11.6. The minimum atomic E-state index is 0.359. The van der Waals surface area contributed by atoms with Gasteiger partial charge in [-0.2, -0.15) is 0 Å². The maximum absolute atomic E-state index is 4.87. The summed E-state index contributed by atoms with van der Waals surface area (Å²) in [6.07, 6.45) is 1.84.